The number of imidazole rings is 1. The fourth-order valence-corrected chi connectivity index (χ4v) is 2.30. The average molecular weight is 231 g/mol. The molecule has 5 heteroatoms. The topological polar surface area (TPSA) is 59.5 Å². The summed E-state index contributed by atoms with van der Waals surface area (Å²) in [5.41, 5.74) is 7.45. The van der Waals surface area contributed by atoms with Crippen molar-refractivity contribution in [1.82, 2.24) is 14.6 Å². The number of nitrogens with zero attached hydrogens (tertiary/aromatic N) is 4. The first-order valence-corrected chi connectivity index (χ1v) is 6.17. The number of rotatable bonds is 3. The highest BCUT2D eigenvalue weighted by molar-refractivity contribution is 5.47. The Hall–Kier alpha value is -1.62. The van der Waals surface area contributed by atoms with Crippen LogP contribution in [0, 0.1) is 0 Å². The maximum atomic E-state index is 5.53. The fourth-order valence-electron chi connectivity index (χ4n) is 2.30. The average Bonchev–Trinajstić information content (AvgIpc) is 2.96. The summed E-state index contributed by atoms with van der Waals surface area (Å²) in [4.78, 5) is 6.79. The third kappa shape index (κ3) is 1.98. The Labute approximate surface area is 100 Å². The van der Waals surface area contributed by atoms with Crippen LogP contribution in [-0.2, 0) is 6.42 Å². The number of hydrogen-bond acceptors (Lipinski definition) is 4. The molecule has 0 amide bonds. The van der Waals surface area contributed by atoms with Crippen molar-refractivity contribution in [1.29, 1.82) is 0 Å². The van der Waals surface area contributed by atoms with Crippen molar-refractivity contribution >= 4 is 11.5 Å². The number of anilines is 1. The predicted molar refractivity (Wildman–Crippen MR) is 67.2 cm³/mol. The minimum Gasteiger partial charge on any atom is -0.355 e. The maximum Gasteiger partial charge on any atom is 0.153 e. The van der Waals surface area contributed by atoms with E-state index in [-0.39, 0.29) is 0 Å². The Morgan fingerprint density at radius 2 is 2.06 bits per heavy atom. The molecule has 2 aromatic heterocycles. The molecular weight excluding hydrogens is 214 g/mol. The lowest BCUT2D eigenvalue weighted by atomic mass is 10.3. The van der Waals surface area contributed by atoms with E-state index in [4.69, 9.17) is 5.73 Å². The van der Waals surface area contributed by atoms with Gasteiger partial charge >= 0.3 is 0 Å². The number of nitrogens with two attached hydrogens (primary N) is 1. The molecule has 0 bridgehead atoms. The lowest BCUT2D eigenvalue weighted by Crippen LogP contribution is -2.19. The third-order valence-electron chi connectivity index (χ3n) is 3.19. The zero-order chi connectivity index (χ0) is 11.7. The first-order valence-electron chi connectivity index (χ1n) is 6.17. The van der Waals surface area contributed by atoms with Gasteiger partial charge in [-0.3, -0.25) is 0 Å². The maximum absolute atomic E-state index is 5.53. The first-order chi connectivity index (χ1) is 8.36. The molecule has 17 heavy (non-hydrogen) atoms. The smallest absolute Gasteiger partial charge is 0.153 e. The quantitative estimate of drug-likeness (QED) is 0.850. The van der Waals surface area contributed by atoms with Crippen LogP contribution in [0.2, 0.25) is 0 Å². The van der Waals surface area contributed by atoms with Crippen LogP contribution >= 0.6 is 0 Å². The van der Waals surface area contributed by atoms with Crippen molar-refractivity contribution < 1.29 is 0 Å². The van der Waals surface area contributed by atoms with E-state index in [2.05, 4.69) is 21.0 Å². The Kier molecular flexibility index (Phi) is 2.68. The molecule has 2 aromatic rings. The zero-order valence-electron chi connectivity index (χ0n) is 9.84. The molecule has 3 heterocycles. The van der Waals surface area contributed by atoms with E-state index in [0.717, 1.165) is 36.7 Å². The highest BCUT2D eigenvalue weighted by atomic mass is 15.3. The van der Waals surface area contributed by atoms with E-state index in [1.165, 1.54) is 12.8 Å². The molecule has 0 aromatic carbocycles. The molecule has 0 atom stereocenters. The van der Waals surface area contributed by atoms with Gasteiger partial charge in [0.2, 0.25) is 0 Å². The van der Waals surface area contributed by atoms with Gasteiger partial charge in [0.15, 0.2) is 5.65 Å². The molecule has 1 aliphatic rings. The molecule has 0 unspecified atom stereocenters. The lowest BCUT2D eigenvalue weighted by molar-refractivity contribution is 0.856. The van der Waals surface area contributed by atoms with Crippen LogP contribution in [0.4, 0.5) is 5.82 Å². The molecule has 2 N–H and O–H groups in total. The summed E-state index contributed by atoms with van der Waals surface area (Å²) in [6, 6.07) is 4.08. The summed E-state index contributed by atoms with van der Waals surface area (Å²) in [7, 11) is 0. The van der Waals surface area contributed by atoms with Crippen LogP contribution in [0.15, 0.2) is 18.3 Å². The standard InChI is InChI=1S/C12H17N5/c13-6-5-10-9-17-11(14-10)3-4-12(15-17)16-7-1-2-8-16/h3-4,9H,1-2,5-8,13H2. The van der Waals surface area contributed by atoms with Gasteiger partial charge in [-0.15, -0.1) is 5.10 Å². The summed E-state index contributed by atoms with van der Waals surface area (Å²) < 4.78 is 1.86. The lowest BCUT2D eigenvalue weighted by Gasteiger charge is -2.15. The van der Waals surface area contributed by atoms with E-state index in [1.54, 1.807) is 0 Å². The molecule has 3 rings (SSSR count). The van der Waals surface area contributed by atoms with Crippen molar-refractivity contribution in [3.05, 3.63) is 24.0 Å². The summed E-state index contributed by atoms with van der Waals surface area (Å²) in [5, 5.41) is 4.60. The van der Waals surface area contributed by atoms with Gasteiger partial charge in [0, 0.05) is 19.5 Å². The molecule has 1 aliphatic heterocycles. The normalized spacial score (nSPS) is 15.9. The van der Waals surface area contributed by atoms with Crippen LogP contribution in [0.3, 0.4) is 0 Å². The van der Waals surface area contributed by atoms with Crippen LogP contribution in [0.25, 0.3) is 5.65 Å². The molecule has 0 aliphatic carbocycles. The van der Waals surface area contributed by atoms with Gasteiger partial charge in [-0.2, -0.15) is 0 Å². The Morgan fingerprint density at radius 1 is 1.24 bits per heavy atom. The Bertz CT molecular complexity index is 513. The van der Waals surface area contributed by atoms with Crippen molar-refractivity contribution in [2.75, 3.05) is 24.5 Å². The third-order valence-corrected chi connectivity index (χ3v) is 3.19. The van der Waals surface area contributed by atoms with Crippen LogP contribution < -0.4 is 10.6 Å². The second-order valence-corrected chi connectivity index (χ2v) is 4.46. The van der Waals surface area contributed by atoms with E-state index in [1.807, 2.05) is 16.8 Å². The molecule has 0 saturated carbocycles. The Balaban J connectivity index is 1.94. The van der Waals surface area contributed by atoms with Gasteiger partial charge in [0.05, 0.1) is 11.9 Å². The first kappa shape index (κ1) is 10.5. The monoisotopic (exact) mass is 231 g/mol. The molecule has 0 spiro atoms. The van der Waals surface area contributed by atoms with Gasteiger partial charge in [0.1, 0.15) is 5.82 Å². The minimum absolute atomic E-state index is 0.628. The number of hydrogen-bond donors (Lipinski definition) is 1. The van der Waals surface area contributed by atoms with E-state index >= 15 is 0 Å². The molecule has 90 valence electrons. The number of fused-ring (bicyclic) bond motifs is 1. The van der Waals surface area contributed by atoms with Crippen molar-refractivity contribution in [3.63, 3.8) is 0 Å². The van der Waals surface area contributed by atoms with Crippen LogP contribution in [-0.4, -0.2) is 34.2 Å². The van der Waals surface area contributed by atoms with Crippen molar-refractivity contribution in [2.24, 2.45) is 5.73 Å². The summed E-state index contributed by atoms with van der Waals surface area (Å²) in [6.45, 7) is 2.86. The molecule has 5 nitrogen and oxygen atoms in total. The van der Waals surface area contributed by atoms with Gasteiger partial charge in [0.25, 0.3) is 0 Å². The largest absolute Gasteiger partial charge is 0.355 e. The van der Waals surface area contributed by atoms with E-state index < -0.39 is 0 Å². The molecule has 0 radical (unpaired) electrons. The van der Waals surface area contributed by atoms with Crippen molar-refractivity contribution in [3.8, 4) is 0 Å². The predicted octanol–water partition coefficient (Wildman–Crippen LogP) is 0.831. The molecule has 1 fully saturated rings. The van der Waals surface area contributed by atoms with Gasteiger partial charge in [-0.05, 0) is 31.5 Å². The van der Waals surface area contributed by atoms with E-state index in [9.17, 15) is 0 Å². The summed E-state index contributed by atoms with van der Waals surface area (Å²) >= 11 is 0. The SMILES string of the molecule is NCCc1cn2nc(N3CCCC3)ccc2n1. The fraction of sp³-hybridized carbons (Fsp3) is 0.500. The Morgan fingerprint density at radius 3 is 2.82 bits per heavy atom. The highest BCUT2D eigenvalue weighted by Gasteiger charge is 2.14. The summed E-state index contributed by atoms with van der Waals surface area (Å²) in [5.74, 6) is 1.05. The van der Waals surface area contributed by atoms with Gasteiger partial charge in [-0.1, -0.05) is 0 Å². The second-order valence-electron chi connectivity index (χ2n) is 4.46. The van der Waals surface area contributed by atoms with Gasteiger partial charge < -0.3 is 10.6 Å². The van der Waals surface area contributed by atoms with Crippen molar-refractivity contribution in [2.45, 2.75) is 19.3 Å². The van der Waals surface area contributed by atoms with Gasteiger partial charge in [-0.25, -0.2) is 9.50 Å². The number of aromatic nitrogens is 3. The van der Waals surface area contributed by atoms with E-state index in [0.29, 0.717) is 6.54 Å². The minimum atomic E-state index is 0.628. The van der Waals surface area contributed by atoms with Crippen LogP contribution in [0.5, 0.6) is 0 Å². The van der Waals surface area contributed by atoms with Crippen LogP contribution in [0.1, 0.15) is 18.5 Å². The highest BCUT2D eigenvalue weighted by Crippen LogP contribution is 2.18. The summed E-state index contributed by atoms with van der Waals surface area (Å²) in [6.07, 6.45) is 5.31. The molecule has 1 saturated heterocycles. The zero-order valence-corrected chi connectivity index (χ0v) is 9.84. The molecular formula is C12H17N5. The second kappa shape index (κ2) is 4.33.